The standard InChI is InChI=1S/C27H26FN3O3/c1-16-23(25(33)22(32)15-27(3,4)18-10-8-7-9-11-18)17(2)31(6)24(16)26(34)30-19-12-13-20(28)21(14-19)29-5/h7-14H,15H2,1-4,6H3,(H,30,34). The number of ketones is 2. The van der Waals surface area contributed by atoms with Crippen LogP contribution in [0.4, 0.5) is 15.8 Å². The second kappa shape index (κ2) is 9.44. The van der Waals surface area contributed by atoms with Crippen LogP contribution in [0.3, 0.4) is 0 Å². The van der Waals surface area contributed by atoms with Crippen LogP contribution in [0.25, 0.3) is 4.85 Å². The van der Waals surface area contributed by atoms with Crippen LogP contribution in [-0.4, -0.2) is 22.0 Å². The lowest BCUT2D eigenvalue weighted by Crippen LogP contribution is -2.27. The molecule has 1 amide bonds. The van der Waals surface area contributed by atoms with Gasteiger partial charge in [0.1, 0.15) is 11.5 Å². The number of aromatic nitrogens is 1. The molecule has 0 unspecified atom stereocenters. The number of Topliss-reactive ketones (excluding diaryl/α,β-unsaturated/α-hetero) is 2. The van der Waals surface area contributed by atoms with Crippen molar-refractivity contribution in [3.05, 3.63) is 93.8 Å². The molecule has 0 aliphatic heterocycles. The van der Waals surface area contributed by atoms with Crippen molar-refractivity contribution in [3.63, 3.8) is 0 Å². The number of rotatable bonds is 7. The average Bonchev–Trinajstić information content (AvgIpc) is 3.02. The summed E-state index contributed by atoms with van der Waals surface area (Å²) in [5.41, 5.74) is 1.78. The molecule has 0 atom stereocenters. The Kier molecular flexibility index (Phi) is 6.83. The first-order valence-electron chi connectivity index (χ1n) is 10.7. The molecule has 3 aromatic rings. The van der Waals surface area contributed by atoms with E-state index in [1.807, 2.05) is 44.2 Å². The molecule has 1 aromatic heterocycles. The summed E-state index contributed by atoms with van der Waals surface area (Å²) in [6.07, 6.45) is 0.0279. The first kappa shape index (κ1) is 24.6. The number of halogens is 1. The molecule has 0 aliphatic rings. The molecule has 0 saturated carbocycles. The fourth-order valence-electron chi connectivity index (χ4n) is 4.11. The lowest BCUT2D eigenvalue weighted by molar-refractivity contribution is -0.116. The molecule has 34 heavy (non-hydrogen) atoms. The number of amides is 1. The van der Waals surface area contributed by atoms with Crippen molar-refractivity contribution in [2.24, 2.45) is 7.05 Å². The molecule has 0 spiro atoms. The van der Waals surface area contributed by atoms with Crippen molar-refractivity contribution in [3.8, 4) is 0 Å². The van der Waals surface area contributed by atoms with Crippen LogP contribution in [-0.2, 0) is 17.3 Å². The van der Waals surface area contributed by atoms with Crippen molar-refractivity contribution in [1.29, 1.82) is 0 Å². The van der Waals surface area contributed by atoms with E-state index in [2.05, 4.69) is 10.2 Å². The van der Waals surface area contributed by atoms with Gasteiger partial charge in [-0.15, -0.1) is 0 Å². The smallest absolute Gasteiger partial charge is 0.272 e. The Labute approximate surface area is 198 Å². The minimum atomic E-state index is -0.677. The second-order valence-corrected chi connectivity index (χ2v) is 8.90. The summed E-state index contributed by atoms with van der Waals surface area (Å²) in [5.74, 6) is -2.37. The zero-order chi connectivity index (χ0) is 25.2. The number of carbonyl (C=O) groups excluding carboxylic acids is 3. The quantitative estimate of drug-likeness (QED) is 0.280. The van der Waals surface area contributed by atoms with Gasteiger partial charge in [-0.1, -0.05) is 44.2 Å². The Morgan fingerprint density at radius 3 is 2.35 bits per heavy atom. The number of nitrogens with zero attached hydrogens (tertiary/aromatic N) is 2. The molecule has 1 heterocycles. The van der Waals surface area contributed by atoms with Crippen molar-refractivity contribution in [2.45, 2.75) is 39.5 Å². The molecule has 0 fully saturated rings. The van der Waals surface area contributed by atoms with Crippen LogP contribution in [0.2, 0.25) is 0 Å². The van der Waals surface area contributed by atoms with E-state index in [9.17, 15) is 18.8 Å². The SMILES string of the molecule is [C-]#[N+]c1cc(NC(=O)c2c(C)c(C(=O)C(=O)CC(C)(C)c3ccccc3)c(C)n2C)ccc1F. The predicted octanol–water partition coefficient (Wildman–Crippen LogP) is 5.70. The van der Waals surface area contributed by atoms with Crippen LogP contribution in [0.15, 0.2) is 48.5 Å². The van der Waals surface area contributed by atoms with Crippen molar-refractivity contribution in [1.82, 2.24) is 4.57 Å². The van der Waals surface area contributed by atoms with Gasteiger partial charge in [0, 0.05) is 24.8 Å². The first-order chi connectivity index (χ1) is 16.0. The molecule has 0 bridgehead atoms. The highest BCUT2D eigenvalue weighted by Crippen LogP contribution is 2.30. The first-order valence-corrected chi connectivity index (χ1v) is 10.7. The van der Waals surface area contributed by atoms with E-state index in [4.69, 9.17) is 6.57 Å². The molecule has 3 rings (SSSR count). The maximum Gasteiger partial charge on any atom is 0.272 e. The summed E-state index contributed by atoms with van der Waals surface area (Å²) in [5, 5.41) is 2.64. The predicted molar refractivity (Wildman–Crippen MR) is 129 cm³/mol. The van der Waals surface area contributed by atoms with E-state index >= 15 is 0 Å². The zero-order valence-electron chi connectivity index (χ0n) is 19.8. The summed E-state index contributed by atoms with van der Waals surface area (Å²) >= 11 is 0. The van der Waals surface area contributed by atoms with E-state index in [1.165, 1.54) is 12.1 Å². The summed E-state index contributed by atoms with van der Waals surface area (Å²) in [7, 11) is 1.64. The van der Waals surface area contributed by atoms with Gasteiger partial charge in [0.05, 0.1) is 12.1 Å². The lowest BCUT2D eigenvalue weighted by atomic mass is 9.79. The molecule has 0 saturated heterocycles. The van der Waals surface area contributed by atoms with Crippen molar-refractivity contribution < 1.29 is 18.8 Å². The highest BCUT2D eigenvalue weighted by Gasteiger charge is 2.32. The van der Waals surface area contributed by atoms with E-state index in [-0.39, 0.29) is 29.1 Å². The van der Waals surface area contributed by atoms with Gasteiger partial charge in [-0.05, 0) is 48.6 Å². The fourth-order valence-corrected chi connectivity index (χ4v) is 4.11. The van der Waals surface area contributed by atoms with Gasteiger partial charge in [-0.2, -0.15) is 0 Å². The van der Waals surface area contributed by atoms with Gasteiger partial charge in [0.25, 0.3) is 5.91 Å². The van der Waals surface area contributed by atoms with E-state index in [1.54, 1.807) is 25.5 Å². The highest BCUT2D eigenvalue weighted by molar-refractivity contribution is 6.44. The summed E-state index contributed by atoms with van der Waals surface area (Å²) in [6.45, 7) is 14.2. The van der Waals surface area contributed by atoms with Gasteiger partial charge in [0.2, 0.25) is 17.3 Å². The summed E-state index contributed by atoms with van der Waals surface area (Å²) in [6, 6.07) is 13.2. The van der Waals surface area contributed by atoms with Crippen LogP contribution < -0.4 is 5.32 Å². The minimum Gasteiger partial charge on any atom is -0.343 e. The Bertz CT molecular complexity index is 1330. The van der Waals surface area contributed by atoms with Crippen molar-refractivity contribution >= 4 is 28.8 Å². The number of benzene rings is 2. The third-order valence-corrected chi connectivity index (χ3v) is 6.11. The van der Waals surface area contributed by atoms with Crippen molar-refractivity contribution in [2.75, 3.05) is 5.32 Å². The number of hydrogen-bond donors (Lipinski definition) is 1. The molecule has 1 N–H and O–H groups in total. The van der Waals surface area contributed by atoms with E-state index in [0.717, 1.165) is 11.6 Å². The second-order valence-electron chi connectivity index (χ2n) is 8.90. The molecule has 0 aliphatic carbocycles. The van der Waals surface area contributed by atoms with Crippen LogP contribution >= 0.6 is 0 Å². The van der Waals surface area contributed by atoms with Gasteiger partial charge in [-0.25, -0.2) is 9.24 Å². The Hall–Kier alpha value is -4.05. The topological polar surface area (TPSA) is 72.5 Å². The normalized spacial score (nSPS) is 11.1. The maximum absolute atomic E-state index is 13.6. The monoisotopic (exact) mass is 459 g/mol. The molecule has 2 aromatic carbocycles. The van der Waals surface area contributed by atoms with Crippen LogP contribution in [0.5, 0.6) is 0 Å². The summed E-state index contributed by atoms with van der Waals surface area (Å²) < 4.78 is 15.2. The number of anilines is 1. The molecular weight excluding hydrogens is 433 g/mol. The highest BCUT2D eigenvalue weighted by atomic mass is 19.1. The molecule has 0 radical (unpaired) electrons. The number of carbonyl (C=O) groups is 3. The lowest BCUT2D eigenvalue weighted by Gasteiger charge is -2.24. The van der Waals surface area contributed by atoms with Gasteiger partial charge >= 0.3 is 0 Å². The third-order valence-electron chi connectivity index (χ3n) is 6.11. The maximum atomic E-state index is 13.6. The Balaban J connectivity index is 1.88. The minimum absolute atomic E-state index is 0.0279. The zero-order valence-corrected chi connectivity index (χ0v) is 19.8. The molecule has 6 nitrogen and oxygen atoms in total. The van der Waals surface area contributed by atoms with E-state index in [0.29, 0.717) is 11.3 Å². The summed E-state index contributed by atoms with van der Waals surface area (Å²) in [4.78, 5) is 42.3. The number of hydrogen-bond acceptors (Lipinski definition) is 3. The largest absolute Gasteiger partial charge is 0.343 e. The van der Waals surface area contributed by atoms with Crippen LogP contribution in [0.1, 0.15) is 57.9 Å². The van der Waals surface area contributed by atoms with Gasteiger partial charge in [0.15, 0.2) is 0 Å². The molecular formula is C27H26FN3O3. The molecule has 7 heteroatoms. The molecule has 174 valence electrons. The Morgan fingerprint density at radius 2 is 1.74 bits per heavy atom. The third kappa shape index (κ3) is 4.67. The van der Waals surface area contributed by atoms with E-state index < -0.39 is 28.7 Å². The van der Waals surface area contributed by atoms with Crippen LogP contribution in [0, 0.1) is 26.2 Å². The number of nitrogens with one attached hydrogen (secondary N) is 1. The average molecular weight is 460 g/mol. The van der Waals surface area contributed by atoms with Gasteiger partial charge < -0.3 is 9.88 Å². The fraction of sp³-hybridized carbons (Fsp3) is 0.259. The van der Waals surface area contributed by atoms with Gasteiger partial charge in [-0.3, -0.25) is 14.4 Å². The Morgan fingerprint density at radius 1 is 1.09 bits per heavy atom.